The van der Waals surface area contributed by atoms with Gasteiger partial charge in [-0.15, -0.1) is 0 Å². The minimum absolute atomic E-state index is 0.154. The predicted octanol–water partition coefficient (Wildman–Crippen LogP) is 2.12. The summed E-state index contributed by atoms with van der Waals surface area (Å²) in [7, 11) is 1.37. The van der Waals surface area contributed by atoms with Crippen LogP contribution in [0.4, 0.5) is 0 Å². The molecule has 2 unspecified atom stereocenters. The van der Waals surface area contributed by atoms with Gasteiger partial charge in [-0.3, -0.25) is 0 Å². The summed E-state index contributed by atoms with van der Waals surface area (Å²) in [5.41, 5.74) is 6.43. The number of hydrogen-bond acceptors (Lipinski definition) is 4. The number of methoxy groups -OCH3 is 1. The molecule has 0 heterocycles. The first kappa shape index (κ1) is 12.9. The van der Waals surface area contributed by atoms with Crippen LogP contribution in [0.2, 0.25) is 0 Å². The molecular formula is C14H19NO3. The largest absolute Gasteiger partial charge is 0.490 e. The Bertz CT molecular complexity index is 419. The van der Waals surface area contributed by atoms with Gasteiger partial charge in [0.1, 0.15) is 11.9 Å². The number of esters is 1. The lowest BCUT2D eigenvalue weighted by atomic mass is 9.93. The molecule has 4 heteroatoms. The van der Waals surface area contributed by atoms with E-state index in [1.807, 2.05) is 6.07 Å². The molecular weight excluding hydrogens is 230 g/mol. The molecule has 4 nitrogen and oxygen atoms in total. The molecule has 0 radical (unpaired) electrons. The van der Waals surface area contributed by atoms with Gasteiger partial charge in [-0.2, -0.15) is 0 Å². The van der Waals surface area contributed by atoms with E-state index in [1.165, 1.54) is 7.11 Å². The minimum Gasteiger partial charge on any atom is -0.490 e. The zero-order chi connectivity index (χ0) is 13.0. The van der Waals surface area contributed by atoms with Gasteiger partial charge >= 0.3 is 5.97 Å². The molecule has 1 fully saturated rings. The Morgan fingerprint density at radius 3 is 2.94 bits per heavy atom. The zero-order valence-corrected chi connectivity index (χ0v) is 10.6. The lowest BCUT2D eigenvalue weighted by Crippen LogP contribution is -2.33. The number of rotatable bonds is 3. The highest BCUT2D eigenvalue weighted by atomic mass is 16.5. The summed E-state index contributed by atoms with van der Waals surface area (Å²) in [4.78, 5) is 11.4. The SMILES string of the molecule is COC(=O)c1cccc(OC2CCCC(N)C2)c1. The van der Waals surface area contributed by atoms with Gasteiger partial charge in [0.05, 0.1) is 12.7 Å². The van der Waals surface area contributed by atoms with Crippen LogP contribution in [0.15, 0.2) is 24.3 Å². The average molecular weight is 249 g/mol. The lowest BCUT2D eigenvalue weighted by molar-refractivity contribution is 0.0599. The molecule has 1 aliphatic rings. The molecule has 1 saturated carbocycles. The quantitative estimate of drug-likeness (QED) is 0.833. The second-order valence-electron chi connectivity index (χ2n) is 4.69. The van der Waals surface area contributed by atoms with E-state index in [0.717, 1.165) is 25.7 Å². The minimum atomic E-state index is -0.346. The monoisotopic (exact) mass is 249 g/mol. The molecule has 0 saturated heterocycles. The summed E-state index contributed by atoms with van der Waals surface area (Å²) in [6, 6.07) is 7.31. The number of carbonyl (C=O) groups excluding carboxylic acids is 1. The highest BCUT2D eigenvalue weighted by molar-refractivity contribution is 5.89. The van der Waals surface area contributed by atoms with Crippen LogP contribution in [0.25, 0.3) is 0 Å². The molecule has 1 aliphatic carbocycles. The molecule has 2 N–H and O–H groups in total. The fraction of sp³-hybridized carbons (Fsp3) is 0.500. The van der Waals surface area contributed by atoms with E-state index in [2.05, 4.69) is 4.74 Å². The molecule has 1 aromatic rings. The first-order chi connectivity index (χ1) is 8.69. The molecule has 2 atom stereocenters. The number of ether oxygens (including phenoxy) is 2. The van der Waals surface area contributed by atoms with E-state index in [0.29, 0.717) is 11.3 Å². The maximum atomic E-state index is 11.4. The van der Waals surface area contributed by atoms with Crippen molar-refractivity contribution < 1.29 is 14.3 Å². The maximum Gasteiger partial charge on any atom is 0.337 e. The summed E-state index contributed by atoms with van der Waals surface area (Å²) >= 11 is 0. The van der Waals surface area contributed by atoms with E-state index >= 15 is 0 Å². The first-order valence-electron chi connectivity index (χ1n) is 6.29. The summed E-state index contributed by atoms with van der Waals surface area (Å²) in [6.07, 6.45) is 4.23. The van der Waals surface area contributed by atoms with Gasteiger partial charge in [-0.1, -0.05) is 6.07 Å². The van der Waals surface area contributed by atoms with E-state index < -0.39 is 0 Å². The van der Waals surface area contributed by atoms with Gasteiger partial charge < -0.3 is 15.2 Å². The van der Waals surface area contributed by atoms with Crippen molar-refractivity contribution in [2.45, 2.75) is 37.8 Å². The van der Waals surface area contributed by atoms with Gasteiger partial charge in [0.2, 0.25) is 0 Å². The molecule has 2 rings (SSSR count). The third-order valence-corrected chi connectivity index (χ3v) is 3.22. The maximum absolute atomic E-state index is 11.4. The highest BCUT2D eigenvalue weighted by Crippen LogP contribution is 2.23. The summed E-state index contributed by atoms with van der Waals surface area (Å²) in [5.74, 6) is 0.359. The fourth-order valence-corrected chi connectivity index (χ4v) is 2.29. The number of hydrogen-bond donors (Lipinski definition) is 1. The van der Waals surface area contributed by atoms with Gasteiger partial charge in [0.25, 0.3) is 0 Å². The Morgan fingerprint density at radius 1 is 1.39 bits per heavy atom. The summed E-state index contributed by atoms with van der Waals surface area (Å²) < 4.78 is 10.6. The zero-order valence-electron chi connectivity index (χ0n) is 10.6. The number of carbonyl (C=O) groups is 1. The Balaban J connectivity index is 2.02. The topological polar surface area (TPSA) is 61.5 Å². The van der Waals surface area contributed by atoms with Gasteiger partial charge in [0.15, 0.2) is 0 Å². The smallest absolute Gasteiger partial charge is 0.337 e. The second-order valence-corrected chi connectivity index (χ2v) is 4.69. The van der Waals surface area contributed by atoms with Crippen molar-refractivity contribution in [3.05, 3.63) is 29.8 Å². The highest BCUT2D eigenvalue weighted by Gasteiger charge is 2.20. The van der Waals surface area contributed by atoms with Crippen LogP contribution in [0.3, 0.4) is 0 Å². The van der Waals surface area contributed by atoms with Gasteiger partial charge in [0, 0.05) is 6.04 Å². The van der Waals surface area contributed by atoms with Crippen LogP contribution in [-0.2, 0) is 4.74 Å². The first-order valence-corrected chi connectivity index (χ1v) is 6.29. The predicted molar refractivity (Wildman–Crippen MR) is 68.6 cm³/mol. The number of nitrogens with two attached hydrogens (primary N) is 1. The molecule has 0 spiro atoms. The Kier molecular flexibility index (Phi) is 4.20. The Morgan fingerprint density at radius 2 is 2.22 bits per heavy atom. The van der Waals surface area contributed by atoms with E-state index in [1.54, 1.807) is 18.2 Å². The van der Waals surface area contributed by atoms with E-state index in [-0.39, 0.29) is 18.1 Å². The summed E-state index contributed by atoms with van der Waals surface area (Å²) in [6.45, 7) is 0. The molecule has 0 aliphatic heterocycles. The Labute approximate surface area is 107 Å². The fourth-order valence-electron chi connectivity index (χ4n) is 2.29. The van der Waals surface area contributed by atoms with Crippen LogP contribution in [0, 0.1) is 0 Å². The van der Waals surface area contributed by atoms with Crippen LogP contribution < -0.4 is 10.5 Å². The van der Waals surface area contributed by atoms with Crippen LogP contribution >= 0.6 is 0 Å². The van der Waals surface area contributed by atoms with Gasteiger partial charge in [-0.25, -0.2) is 4.79 Å². The molecule has 1 aromatic carbocycles. The molecule has 18 heavy (non-hydrogen) atoms. The molecule has 0 amide bonds. The average Bonchev–Trinajstić information content (AvgIpc) is 2.38. The van der Waals surface area contributed by atoms with Crippen LogP contribution in [0.1, 0.15) is 36.0 Å². The Hall–Kier alpha value is -1.55. The molecule has 0 bridgehead atoms. The van der Waals surface area contributed by atoms with Gasteiger partial charge in [-0.05, 0) is 43.9 Å². The van der Waals surface area contributed by atoms with Crippen molar-refractivity contribution in [3.8, 4) is 5.75 Å². The van der Waals surface area contributed by atoms with Crippen molar-refractivity contribution in [2.24, 2.45) is 5.73 Å². The van der Waals surface area contributed by atoms with Crippen molar-refractivity contribution >= 4 is 5.97 Å². The molecule has 0 aromatic heterocycles. The second kappa shape index (κ2) is 5.87. The van der Waals surface area contributed by atoms with Crippen LogP contribution in [0.5, 0.6) is 5.75 Å². The number of benzene rings is 1. The van der Waals surface area contributed by atoms with E-state index in [9.17, 15) is 4.79 Å². The summed E-state index contributed by atoms with van der Waals surface area (Å²) in [5, 5.41) is 0. The van der Waals surface area contributed by atoms with Crippen molar-refractivity contribution in [2.75, 3.05) is 7.11 Å². The van der Waals surface area contributed by atoms with Crippen molar-refractivity contribution in [1.29, 1.82) is 0 Å². The third kappa shape index (κ3) is 3.23. The van der Waals surface area contributed by atoms with E-state index in [4.69, 9.17) is 10.5 Å². The lowest BCUT2D eigenvalue weighted by Gasteiger charge is -2.27. The molecule has 98 valence electrons. The third-order valence-electron chi connectivity index (χ3n) is 3.22. The van der Waals surface area contributed by atoms with Crippen molar-refractivity contribution in [3.63, 3.8) is 0 Å². The normalized spacial score (nSPS) is 23.4. The van der Waals surface area contributed by atoms with Crippen molar-refractivity contribution in [1.82, 2.24) is 0 Å². The standard InChI is InChI=1S/C14H19NO3/c1-17-14(16)10-4-2-6-12(8-10)18-13-7-3-5-11(15)9-13/h2,4,6,8,11,13H,3,5,7,9,15H2,1H3. The van der Waals surface area contributed by atoms with Crippen LogP contribution in [-0.4, -0.2) is 25.2 Å².